The number of ether oxygens (including phenoxy) is 1. The van der Waals surface area contributed by atoms with Crippen molar-refractivity contribution in [2.45, 2.75) is 76.4 Å². The van der Waals surface area contributed by atoms with E-state index in [9.17, 15) is 22.8 Å². The average Bonchev–Trinajstić information content (AvgIpc) is 3.66. The molecule has 1 fully saturated rings. The zero-order valence-electron chi connectivity index (χ0n) is 24.0. The molecule has 1 aromatic carbocycles. The number of aliphatic imine (C=N–C) groups is 1. The van der Waals surface area contributed by atoms with Gasteiger partial charge < -0.3 is 20.9 Å². The van der Waals surface area contributed by atoms with Gasteiger partial charge in [-0.05, 0) is 69.9 Å². The number of hydrogen-bond acceptors (Lipinski definition) is 7. The summed E-state index contributed by atoms with van der Waals surface area (Å²) in [7, 11) is 0. The summed E-state index contributed by atoms with van der Waals surface area (Å²) in [6.07, 6.45) is -0.151. The number of halogens is 4. The zero-order valence-corrected chi connectivity index (χ0v) is 24.7. The SMILES string of the molecule is CC1(C)CC(=O)N([C@H](c2cccnc2)[C@@H]2C[C@H]2C(=O)N[C@H]2CC(C)(C)Oc3ccc(Cl)cc32)C(N)=N1.O=C(O)C(F)(F)F. The lowest BCUT2D eigenvalue weighted by atomic mass is 9.89. The van der Waals surface area contributed by atoms with Gasteiger partial charge in [0.15, 0.2) is 5.96 Å². The van der Waals surface area contributed by atoms with Gasteiger partial charge in [0, 0.05) is 35.3 Å². The average molecular weight is 624 g/mol. The molecule has 3 heterocycles. The van der Waals surface area contributed by atoms with E-state index < -0.39 is 29.3 Å². The Balaban J connectivity index is 0.000000541. The minimum atomic E-state index is -5.08. The quantitative estimate of drug-likeness (QED) is 0.434. The van der Waals surface area contributed by atoms with E-state index in [2.05, 4.69) is 15.3 Å². The van der Waals surface area contributed by atoms with E-state index in [-0.39, 0.29) is 42.1 Å². The van der Waals surface area contributed by atoms with E-state index in [1.165, 1.54) is 0 Å². The van der Waals surface area contributed by atoms with Crippen LogP contribution in [0, 0.1) is 11.8 Å². The fraction of sp³-hybridized carbons (Fsp3) is 0.483. The van der Waals surface area contributed by atoms with Gasteiger partial charge in [-0.3, -0.25) is 19.5 Å². The molecule has 5 rings (SSSR count). The number of amides is 2. The first-order valence-electron chi connectivity index (χ1n) is 13.5. The molecule has 0 bridgehead atoms. The lowest BCUT2D eigenvalue weighted by Crippen LogP contribution is -2.52. The van der Waals surface area contributed by atoms with Crippen LogP contribution in [0.5, 0.6) is 5.75 Å². The van der Waals surface area contributed by atoms with Crippen molar-refractivity contribution in [3.8, 4) is 5.75 Å². The first-order chi connectivity index (χ1) is 19.9. The number of carbonyl (C=O) groups is 3. The van der Waals surface area contributed by atoms with Gasteiger partial charge in [0.25, 0.3) is 0 Å². The number of benzene rings is 1. The van der Waals surface area contributed by atoms with Gasteiger partial charge in [-0.2, -0.15) is 13.2 Å². The first kappa shape index (κ1) is 32.1. The van der Waals surface area contributed by atoms with Crippen LogP contribution in [0.3, 0.4) is 0 Å². The number of nitrogens with zero attached hydrogens (tertiary/aromatic N) is 3. The highest BCUT2D eigenvalue weighted by atomic mass is 35.5. The molecule has 1 aromatic heterocycles. The molecule has 0 radical (unpaired) electrons. The van der Waals surface area contributed by atoms with E-state index in [1.807, 2.05) is 52.0 Å². The third-order valence-corrected chi connectivity index (χ3v) is 7.63. The Morgan fingerprint density at radius 3 is 2.49 bits per heavy atom. The first-order valence-corrected chi connectivity index (χ1v) is 13.9. The van der Waals surface area contributed by atoms with Crippen molar-refractivity contribution in [3.05, 3.63) is 58.9 Å². The molecule has 1 aliphatic carbocycles. The number of carboxylic acids is 1. The van der Waals surface area contributed by atoms with Crippen molar-refractivity contribution < 1.29 is 37.4 Å². The van der Waals surface area contributed by atoms with E-state index in [1.54, 1.807) is 23.4 Å². The van der Waals surface area contributed by atoms with Crippen molar-refractivity contribution in [2.24, 2.45) is 22.6 Å². The Morgan fingerprint density at radius 1 is 1.23 bits per heavy atom. The molecule has 2 aliphatic heterocycles. The number of nitrogens with two attached hydrogens (primary N) is 1. The lowest BCUT2D eigenvalue weighted by Gasteiger charge is -2.38. The summed E-state index contributed by atoms with van der Waals surface area (Å²) in [4.78, 5) is 46.0. The maximum absolute atomic E-state index is 13.5. The van der Waals surface area contributed by atoms with Crippen LogP contribution >= 0.6 is 11.6 Å². The largest absolute Gasteiger partial charge is 0.490 e. The number of aromatic nitrogens is 1. The fourth-order valence-electron chi connectivity index (χ4n) is 5.52. The molecule has 1 saturated carbocycles. The number of nitrogens with one attached hydrogen (secondary N) is 1. The van der Waals surface area contributed by atoms with Crippen LogP contribution in [0.15, 0.2) is 47.7 Å². The third kappa shape index (κ3) is 7.56. The monoisotopic (exact) mass is 623 g/mol. The Hall–Kier alpha value is -3.87. The van der Waals surface area contributed by atoms with Crippen LogP contribution in [0.1, 0.15) is 70.2 Å². The highest BCUT2D eigenvalue weighted by Gasteiger charge is 2.53. The third-order valence-electron chi connectivity index (χ3n) is 7.39. The summed E-state index contributed by atoms with van der Waals surface area (Å²) in [5.74, 6) is -2.35. The molecule has 2 amide bonds. The van der Waals surface area contributed by atoms with Crippen LogP contribution in [0.2, 0.25) is 5.02 Å². The molecule has 0 spiro atoms. The molecule has 2 aromatic rings. The molecular formula is C29H33ClF3N5O5. The van der Waals surface area contributed by atoms with E-state index >= 15 is 0 Å². The molecule has 43 heavy (non-hydrogen) atoms. The molecule has 14 heteroatoms. The Labute approximate surface area is 251 Å². The Morgan fingerprint density at radius 2 is 1.91 bits per heavy atom. The standard InChI is InChI=1S/C27H32ClN5O3.C2HF3O2/c1-26(2)13-22(34)33(25(29)32-26)23(15-6-5-9-30-14-15)17-11-18(17)24(35)31-20-12-27(3,4)36-21-8-7-16(28)10-19(20)21;3-2(4,5)1(6)7/h5-10,14,17-18,20,23H,11-13H2,1-4H3,(H2,29,32)(H,31,35);(H,6,7)/t17-,18-,20+,23-;/m1./s1. The van der Waals surface area contributed by atoms with Crippen molar-refractivity contribution >= 4 is 35.3 Å². The van der Waals surface area contributed by atoms with Crippen LogP contribution in [0.4, 0.5) is 13.2 Å². The smallest absolute Gasteiger partial charge is 0.487 e. The number of rotatable bonds is 5. The van der Waals surface area contributed by atoms with Gasteiger partial charge in [0.1, 0.15) is 11.4 Å². The van der Waals surface area contributed by atoms with Crippen LogP contribution in [-0.2, 0) is 14.4 Å². The van der Waals surface area contributed by atoms with Crippen molar-refractivity contribution in [1.82, 2.24) is 15.2 Å². The molecular weight excluding hydrogens is 591 g/mol. The van der Waals surface area contributed by atoms with Crippen molar-refractivity contribution in [2.75, 3.05) is 0 Å². The van der Waals surface area contributed by atoms with Crippen molar-refractivity contribution in [3.63, 3.8) is 0 Å². The van der Waals surface area contributed by atoms with Gasteiger partial charge in [0.2, 0.25) is 11.8 Å². The summed E-state index contributed by atoms with van der Waals surface area (Å²) in [5.41, 5.74) is 7.06. The number of fused-ring (bicyclic) bond motifs is 1. The zero-order chi connectivity index (χ0) is 31.9. The van der Waals surface area contributed by atoms with Crippen LogP contribution in [-0.4, -0.2) is 56.0 Å². The van der Waals surface area contributed by atoms with Crippen molar-refractivity contribution in [1.29, 1.82) is 0 Å². The molecule has 0 saturated heterocycles. The molecule has 0 unspecified atom stereocenters. The van der Waals surface area contributed by atoms with Gasteiger partial charge in [-0.15, -0.1) is 0 Å². The minimum absolute atomic E-state index is 0.0529. The normalized spacial score (nSPS) is 24.3. The number of aliphatic carboxylic acids is 1. The molecule has 4 N–H and O–H groups in total. The number of guanidine groups is 1. The topological polar surface area (TPSA) is 147 Å². The molecule has 232 valence electrons. The van der Waals surface area contributed by atoms with Gasteiger partial charge >= 0.3 is 12.1 Å². The van der Waals surface area contributed by atoms with Crippen LogP contribution in [0.25, 0.3) is 0 Å². The lowest BCUT2D eigenvalue weighted by molar-refractivity contribution is -0.192. The Kier molecular flexibility index (Phi) is 8.70. The van der Waals surface area contributed by atoms with Gasteiger partial charge in [-0.1, -0.05) is 17.7 Å². The summed E-state index contributed by atoms with van der Waals surface area (Å²) >= 11 is 6.26. The minimum Gasteiger partial charge on any atom is -0.487 e. The van der Waals surface area contributed by atoms with Crippen LogP contribution < -0.4 is 15.8 Å². The number of carbonyl (C=O) groups excluding carboxylic acids is 2. The molecule has 10 nitrogen and oxygen atoms in total. The highest BCUT2D eigenvalue weighted by molar-refractivity contribution is 6.30. The Bertz CT molecular complexity index is 1430. The number of carboxylic acid groups (broad SMARTS) is 1. The maximum Gasteiger partial charge on any atom is 0.490 e. The molecule has 4 atom stereocenters. The number of pyridine rings is 1. The van der Waals surface area contributed by atoms with Gasteiger partial charge in [-0.25, -0.2) is 9.79 Å². The summed E-state index contributed by atoms with van der Waals surface area (Å²) in [6, 6.07) is 8.61. The van der Waals surface area contributed by atoms with E-state index in [0.29, 0.717) is 17.9 Å². The number of hydrogen-bond donors (Lipinski definition) is 3. The predicted octanol–water partition coefficient (Wildman–Crippen LogP) is 4.79. The second-order valence-corrected chi connectivity index (χ2v) is 12.5. The molecule has 3 aliphatic rings. The summed E-state index contributed by atoms with van der Waals surface area (Å²) in [5, 5.41) is 11.0. The maximum atomic E-state index is 13.5. The predicted molar refractivity (Wildman–Crippen MR) is 151 cm³/mol. The van der Waals surface area contributed by atoms with E-state index in [0.717, 1.165) is 16.9 Å². The second kappa shape index (κ2) is 11.7. The van der Waals surface area contributed by atoms with E-state index in [4.69, 9.17) is 32.0 Å². The summed E-state index contributed by atoms with van der Waals surface area (Å²) < 4.78 is 37.8. The van der Waals surface area contributed by atoms with Gasteiger partial charge in [0.05, 0.1) is 24.0 Å². The number of alkyl halides is 3. The second-order valence-electron chi connectivity index (χ2n) is 12.1. The fourth-order valence-corrected chi connectivity index (χ4v) is 5.70. The highest BCUT2D eigenvalue weighted by Crippen LogP contribution is 2.51. The summed E-state index contributed by atoms with van der Waals surface area (Å²) in [6.45, 7) is 7.79.